The number of unbranched alkanes of at least 4 members (excludes halogenated alkanes) is 6. The van der Waals surface area contributed by atoms with E-state index in [1.807, 2.05) is 0 Å². The fourth-order valence-corrected chi connectivity index (χ4v) is 2.76. The molecule has 0 N–H and O–H groups in total. The third-order valence-corrected chi connectivity index (χ3v) is 4.59. The molecule has 0 heterocycles. The Morgan fingerprint density at radius 1 is 0.647 bits per heavy atom. The molecule has 17 heavy (non-hydrogen) atoms. The minimum absolute atomic E-state index is 0.133. The molecule has 0 aromatic carbocycles. The molecule has 0 spiro atoms. The Hall–Kier alpha value is -0.0700. The highest BCUT2D eigenvalue weighted by Gasteiger charge is 2.22. The average Bonchev–Trinajstić information content (AvgIpc) is 2.38. The zero-order chi connectivity index (χ0) is 13.0. The van der Waals surface area contributed by atoms with Gasteiger partial charge in [0.15, 0.2) is 0 Å². The first kappa shape index (κ1) is 16.9. The van der Waals surface area contributed by atoms with Crippen LogP contribution in [0.15, 0.2) is 0 Å². The maximum atomic E-state index is 11.9. The van der Waals surface area contributed by atoms with E-state index in [-0.39, 0.29) is 6.67 Å². The summed E-state index contributed by atoms with van der Waals surface area (Å²) in [5.74, 6) is 0. The fourth-order valence-electron chi connectivity index (χ4n) is 2.76. The molecule has 0 saturated carbocycles. The van der Waals surface area contributed by atoms with Gasteiger partial charge in [0.1, 0.15) is 0 Å². The molecule has 0 rings (SSSR count). The lowest BCUT2D eigenvalue weighted by Crippen LogP contribution is -2.17. The lowest BCUT2D eigenvalue weighted by Gasteiger charge is -2.30. The Morgan fingerprint density at radius 3 is 1.47 bits per heavy atom. The molecule has 0 amide bonds. The predicted octanol–water partition coefficient (Wildman–Crippen LogP) is 6.29. The van der Waals surface area contributed by atoms with E-state index < -0.39 is 0 Å². The van der Waals surface area contributed by atoms with E-state index in [1.165, 1.54) is 57.8 Å². The third-order valence-electron chi connectivity index (χ3n) is 4.59. The Balaban J connectivity index is 3.43. The zero-order valence-electron chi connectivity index (χ0n) is 12.4. The van der Waals surface area contributed by atoms with E-state index in [0.29, 0.717) is 5.41 Å². The van der Waals surface area contributed by atoms with Crippen molar-refractivity contribution >= 4 is 0 Å². The monoisotopic (exact) mass is 244 g/mol. The highest BCUT2D eigenvalue weighted by Crippen LogP contribution is 2.36. The molecule has 0 bridgehead atoms. The van der Waals surface area contributed by atoms with Crippen LogP contribution in [-0.4, -0.2) is 6.67 Å². The second kappa shape index (κ2) is 11.0. The molecular formula is C16H33F. The molecule has 0 aromatic rings. The van der Waals surface area contributed by atoms with E-state index in [9.17, 15) is 4.39 Å². The molecule has 0 nitrogen and oxygen atoms in total. The van der Waals surface area contributed by atoms with Crippen LogP contribution in [0.25, 0.3) is 0 Å². The van der Waals surface area contributed by atoms with Gasteiger partial charge in [0, 0.05) is 0 Å². The van der Waals surface area contributed by atoms with Crippen LogP contribution in [0.1, 0.15) is 91.4 Å². The van der Waals surface area contributed by atoms with E-state index in [2.05, 4.69) is 20.8 Å². The summed E-state index contributed by atoms with van der Waals surface area (Å²) in [5.41, 5.74) is 0.619. The lowest BCUT2D eigenvalue weighted by atomic mass is 9.75. The quantitative estimate of drug-likeness (QED) is 0.354. The van der Waals surface area contributed by atoms with E-state index in [1.54, 1.807) is 0 Å². The largest absolute Gasteiger partial charge is 0.251 e. The maximum absolute atomic E-state index is 11.9. The summed E-state index contributed by atoms with van der Waals surface area (Å²) in [4.78, 5) is 0. The summed E-state index contributed by atoms with van der Waals surface area (Å²) in [6.07, 6.45) is 13.9. The minimum Gasteiger partial charge on any atom is -0.251 e. The normalized spacial score (nSPS) is 12.0. The van der Waals surface area contributed by atoms with Gasteiger partial charge < -0.3 is 0 Å². The first-order valence-electron chi connectivity index (χ1n) is 7.80. The van der Waals surface area contributed by atoms with E-state index >= 15 is 0 Å². The van der Waals surface area contributed by atoms with Crippen LogP contribution in [0.5, 0.6) is 0 Å². The highest BCUT2D eigenvalue weighted by molar-refractivity contribution is 4.74. The molecule has 0 fully saturated rings. The first-order chi connectivity index (χ1) is 8.24. The number of rotatable bonds is 12. The first-order valence-corrected chi connectivity index (χ1v) is 7.80. The molecule has 104 valence electrons. The molecule has 0 aliphatic carbocycles. The summed E-state index contributed by atoms with van der Waals surface area (Å²) >= 11 is 0. The molecule has 0 atom stereocenters. The van der Waals surface area contributed by atoms with Gasteiger partial charge in [0.2, 0.25) is 0 Å². The number of hydrogen-bond acceptors (Lipinski definition) is 0. The van der Waals surface area contributed by atoms with Crippen molar-refractivity contribution in [3.8, 4) is 0 Å². The lowest BCUT2D eigenvalue weighted by molar-refractivity contribution is 0.220. The molecule has 0 unspecified atom stereocenters. The van der Waals surface area contributed by atoms with Crippen LogP contribution in [0, 0.1) is 5.41 Å². The van der Waals surface area contributed by atoms with Gasteiger partial charge in [-0.3, -0.25) is 4.39 Å². The van der Waals surface area contributed by atoms with Gasteiger partial charge >= 0.3 is 0 Å². The van der Waals surface area contributed by atoms with Crippen molar-refractivity contribution in [2.24, 2.45) is 5.41 Å². The van der Waals surface area contributed by atoms with Crippen molar-refractivity contribution in [2.45, 2.75) is 91.4 Å². The predicted molar refractivity (Wildman–Crippen MR) is 76.2 cm³/mol. The summed E-state index contributed by atoms with van der Waals surface area (Å²) in [5, 5.41) is 0. The third kappa shape index (κ3) is 7.78. The maximum Gasteiger partial charge on any atom is 0.0894 e. The summed E-state index contributed by atoms with van der Waals surface area (Å²) in [6.45, 7) is 6.88. The van der Waals surface area contributed by atoms with Crippen LogP contribution < -0.4 is 0 Å². The molecule has 0 aliphatic rings. The van der Waals surface area contributed by atoms with Gasteiger partial charge in [-0.2, -0.15) is 0 Å². The van der Waals surface area contributed by atoms with Crippen LogP contribution >= 0.6 is 0 Å². The zero-order valence-corrected chi connectivity index (χ0v) is 12.4. The van der Waals surface area contributed by atoms with Crippen LogP contribution in [0.4, 0.5) is 4.39 Å². The van der Waals surface area contributed by atoms with Gasteiger partial charge in [-0.25, -0.2) is 0 Å². The Morgan fingerprint density at radius 2 is 1.06 bits per heavy atom. The average molecular weight is 244 g/mol. The fraction of sp³-hybridized carbons (Fsp3) is 1.00. The summed E-state index contributed by atoms with van der Waals surface area (Å²) < 4.78 is 11.9. The summed E-state index contributed by atoms with van der Waals surface area (Å²) in [6, 6.07) is 0. The number of halogens is 1. The Labute approximate surface area is 108 Å². The second-order valence-corrected chi connectivity index (χ2v) is 5.47. The summed E-state index contributed by atoms with van der Waals surface area (Å²) in [7, 11) is 0. The van der Waals surface area contributed by atoms with Crippen molar-refractivity contribution < 1.29 is 4.39 Å². The topological polar surface area (TPSA) is 0 Å². The van der Waals surface area contributed by atoms with Crippen molar-refractivity contribution in [2.75, 3.05) is 6.67 Å². The standard InChI is InChI=1S/C16H33F/c1-4-16(5-2,6-3)14-12-10-8-7-9-11-13-15-17/h4-15H2,1-3H3. The van der Waals surface area contributed by atoms with Gasteiger partial charge in [-0.1, -0.05) is 78.6 Å². The van der Waals surface area contributed by atoms with Crippen molar-refractivity contribution in [3.63, 3.8) is 0 Å². The molecule has 0 aromatic heterocycles. The number of alkyl halides is 1. The van der Waals surface area contributed by atoms with Crippen LogP contribution in [-0.2, 0) is 0 Å². The molecule has 0 aliphatic heterocycles. The van der Waals surface area contributed by atoms with Crippen molar-refractivity contribution in [1.82, 2.24) is 0 Å². The van der Waals surface area contributed by atoms with E-state index in [4.69, 9.17) is 0 Å². The second-order valence-electron chi connectivity index (χ2n) is 5.47. The Kier molecular flexibility index (Phi) is 11.0. The van der Waals surface area contributed by atoms with Crippen LogP contribution in [0.3, 0.4) is 0 Å². The molecule has 1 heteroatoms. The molecule has 0 radical (unpaired) electrons. The smallest absolute Gasteiger partial charge is 0.0894 e. The van der Waals surface area contributed by atoms with Crippen molar-refractivity contribution in [1.29, 1.82) is 0 Å². The minimum atomic E-state index is -0.133. The Bertz CT molecular complexity index is 141. The molecular weight excluding hydrogens is 211 g/mol. The van der Waals surface area contributed by atoms with Crippen molar-refractivity contribution in [3.05, 3.63) is 0 Å². The van der Waals surface area contributed by atoms with Gasteiger partial charge in [0.25, 0.3) is 0 Å². The number of hydrogen-bond donors (Lipinski definition) is 0. The SMILES string of the molecule is CCC(CC)(CC)CCCCCCCCCF. The van der Waals surface area contributed by atoms with Gasteiger partial charge in [0.05, 0.1) is 6.67 Å². The van der Waals surface area contributed by atoms with E-state index in [0.717, 1.165) is 12.8 Å². The van der Waals surface area contributed by atoms with Crippen LogP contribution in [0.2, 0.25) is 0 Å². The highest BCUT2D eigenvalue weighted by atomic mass is 19.1. The van der Waals surface area contributed by atoms with Gasteiger partial charge in [-0.05, 0) is 18.3 Å². The molecule has 0 saturated heterocycles. The van der Waals surface area contributed by atoms with Gasteiger partial charge in [-0.15, -0.1) is 0 Å².